The van der Waals surface area contributed by atoms with E-state index in [4.69, 9.17) is 4.74 Å². The smallest absolute Gasteiger partial charge is 0.196 e. The normalized spacial score (nSPS) is 10.1. The summed E-state index contributed by atoms with van der Waals surface area (Å²) >= 11 is 0. The maximum absolute atomic E-state index is 12.1. The SMILES string of the molecule is COc1ccc(C(=O)c2cccc(O)c2O)cc1. The summed E-state index contributed by atoms with van der Waals surface area (Å²) in [5, 5.41) is 19.0. The average Bonchev–Trinajstić information content (AvgIpc) is 2.41. The number of phenols is 2. The Labute approximate surface area is 104 Å². The standard InChI is InChI=1S/C14H12O4/c1-18-10-7-5-9(6-8-10)13(16)11-3-2-4-12(15)14(11)17/h2-8,15,17H,1H3. The lowest BCUT2D eigenvalue weighted by Crippen LogP contribution is -2.01. The highest BCUT2D eigenvalue weighted by Gasteiger charge is 2.15. The van der Waals surface area contributed by atoms with Crippen LogP contribution in [0.1, 0.15) is 15.9 Å². The molecule has 0 spiro atoms. The molecule has 4 heteroatoms. The zero-order chi connectivity index (χ0) is 13.1. The van der Waals surface area contributed by atoms with E-state index in [1.54, 1.807) is 24.3 Å². The van der Waals surface area contributed by atoms with Crippen LogP contribution in [0.2, 0.25) is 0 Å². The number of ether oxygens (including phenoxy) is 1. The first kappa shape index (κ1) is 12.0. The molecular formula is C14H12O4. The summed E-state index contributed by atoms with van der Waals surface area (Å²) in [4.78, 5) is 12.1. The molecule has 2 aromatic rings. The van der Waals surface area contributed by atoms with Crippen molar-refractivity contribution in [2.45, 2.75) is 0 Å². The Balaban J connectivity index is 2.38. The van der Waals surface area contributed by atoms with Gasteiger partial charge in [0.2, 0.25) is 0 Å². The van der Waals surface area contributed by atoms with Crippen LogP contribution >= 0.6 is 0 Å². The molecule has 2 aromatic carbocycles. The quantitative estimate of drug-likeness (QED) is 0.642. The van der Waals surface area contributed by atoms with Gasteiger partial charge in [0.05, 0.1) is 12.7 Å². The van der Waals surface area contributed by atoms with Gasteiger partial charge in [0.25, 0.3) is 0 Å². The molecule has 2 rings (SSSR count). The number of rotatable bonds is 3. The van der Waals surface area contributed by atoms with Crippen molar-refractivity contribution in [3.8, 4) is 17.2 Å². The van der Waals surface area contributed by atoms with E-state index in [0.717, 1.165) is 0 Å². The van der Waals surface area contributed by atoms with Gasteiger partial charge in [0.1, 0.15) is 5.75 Å². The molecule has 0 saturated heterocycles. The Morgan fingerprint density at radius 1 is 1.06 bits per heavy atom. The fourth-order valence-corrected chi connectivity index (χ4v) is 1.61. The first-order valence-corrected chi connectivity index (χ1v) is 5.33. The maximum Gasteiger partial charge on any atom is 0.196 e. The largest absolute Gasteiger partial charge is 0.504 e. The van der Waals surface area contributed by atoms with Crippen molar-refractivity contribution < 1.29 is 19.7 Å². The predicted octanol–water partition coefficient (Wildman–Crippen LogP) is 2.34. The van der Waals surface area contributed by atoms with Gasteiger partial charge in [-0.1, -0.05) is 6.07 Å². The van der Waals surface area contributed by atoms with Crippen LogP contribution in [0.15, 0.2) is 42.5 Å². The Kier molecular flexibility index (Phi) is 3.19. The van der Waals surface area contributed by atoms with Gasteiger partial charge in [0.15, 0.2) is 17.3 Å². The van der Waals surface area contributed by atoms with Crippen LogP contribution in [0.3, 0.4) is 0 Å². The summed E-state index contributed by atoms with van der Waals surface area (Å²) < 4.78 is 5.00. The Morgan fingerprint density at radius 2 is 1.72 bits per heavy atom. The van der Waals surface area contributed by atoms with Crippen LogP contribution in [0, 0.1) is 0 Å². The molecule has 92 valence electrons. The second-order valence-corrected chi connectivity index (χ2v) is 3.73. The van der Waals surface area contributed by atoms with E-state index in [1.807, 2.05) is 0 Å². The maximum atomic E-state index is 12.1. The number of phenolic OH excluding ortho intramolecular Hbond substituents is 2. The van der Waals surface area contributed by atoms with Crippen molar-refractivity contribution in [3.05, 3.63) is 53.6 Å². The summed E-state index contributed by atoms with van der Waals surface area (Å²) in [5.74, 6) is -0.426. The molecule has 0 saturated carbocycles. The zero-order valence-electron chi connectivity index (χ0n) is 9.75. The summed E-state index contributed by atoms with van der Waals surface area (Å²) in [5.41, 5.74) is 0.483. The van der Waals surface area contributed by atoms with Gasteiger partial charge < -0.3 is 14.9 Å². The van der Waals surface area contributed by atoms with Crippen LogP contribution < -0.4 is 4.74 Å². The number of carbonyl (C=O) groups excluding carboxylic acids is 1. The molecule has 0 amide bonds. The molecule has 0 aliphatic heterocycles. The monoisotopic (exact) mass is 244 g/mol. The fourth-order valence-electron chi connectivity index (χ4n) is 1.61. The third-order valence-corrected chi connectivity index (χ3v) is 2.61. The lowest BCUT2D eigenvalue weighted by molar-refractivity contribution is 0.103. The zero-order valence-corrected chi connectivity index (χ0v) is 9.75. The van der Waals surface area contributed by atoms with E-state index in [2.05, 4.69) is 0 Å². The van der Waals surface area contributed by atoms with Crippen molar-refractivity contribution in [1.82, 2.24) is 0 Å². The van der Waals surface area contributed by atoms with Crippen LogP contribution in [-0.4, -0.2) is 23.1 Å². The van der Waals surface area contributed by atoms with E-state index >= 15 is 0 Å². The van der Waals surface area contributed by atoms with Crippen LogP contribution in [-0.2, 0) is 0 Å². The highest BCUT2D eigenvalue weighted by molar-refractivity contribution is 6.11. The highest BCUT2D eigenvalue weighted by Crippen LogP contribution is 2.30. The van der Waals surface area contributed by atoms with Gasteiger partial charge in [-0.25, -0.2) is 0 Å². The van der Waals surface area contributed by atoms with Gasteiger partial charge in [-0.3, -0.25) is 4.79 Å². The Bertz CT molecular complexity index is 573. The van der Waals surface area contributed by atoms with Crippen molar-refractivity contribution in [2.75, 3.05) is 7.11 Å². The number of carbonyl (C=O) groups is 1. The van der Waals surface area contributed by atoms with Gasteiger partial charge in [-0.2, -0.15) is 0 Å². The third kappa shape index (κ3) is 2.13. The first-order chi connectivity index (χ1) is 8.63. The van der Waals surface area contributed by atoms with Crippen molar-refractivity contribution in [1.29, 1.82) is 0 Å². The van der Waals surface area contributed by atoms with Gasteiger partial charge in [-0.15, -0.1) is 0 Å². The molecule has 0 fully saturated rings. The van der Waals surface area contributed by atoms with Crippen LogP contribution in [0.25, 0.3) is 0 Å². The van der Waals surface area contributed by atoms with Gasteiger partial charge >= 0.3 is 0 Å². The molecule has 0 aromatic heterocycles. The van der Waals surface area contributed by atoms with Gasteiger partial charge in [-0.05, 0) is 36.4 Å². The Hall–Kier alpha value is -2.49. The minimum Gasteiger partial charge on any atom is -0.504 e. The molecular weight excluding hydrogens is 232 g/mol. The summed E-state index contributed by atoms with van der Waals surface area (Å²) in [6, 6.07) is 10.8. The third-order valence-electron chi connectivity index (χ3n) is 2.61. The molecule has 18 heavy (non-hydrogen) atoms. The number of ketones is 1. The second-order valence-electron chi connectivity index (χ2n) is 3.73. The first-order valence-electron chi connectivity index (χ1n) is 5.33. The molecule has 0 aliphatic carbocycles. The number of para-hydroxylation sites is 1. The number of hydrogen-bond donors (Lipinski definition) is 2. The number of methoxy groups -OCH3 is 1. The molecule has 0 aliphatic rings. The fraction of sp³-hybridized carbons (Fsp3) is 0.0714. The Morgan fingerprint density at radius 3 is 2.33 bits per heavy atom. The summed E-state index contributed by atoms with van der Waals surface area (Å²) in [7, 11) is 1.54. The molecule has 2 N–H and O–H groups in total. The van der Waals surface area contributed by atoms with E-state index in [9.17, 15) is 15.0 Å². The van der Waals surface area contributed by atoms with E-state index < -0.39 is 5.75 Å². The minimum absolute atomic E-state index is 0.0696. The number of benzene rings is 2. The second kappa shape index (κ2) is 4.79. The summed E-state index contributed by atoms with van der Waals surface area (Å²) in [6.07, 6.45) is 0. The van der Waals surface area contributed by atoms with Crippen LogP contribution in [0.4, 0.5) is 0 Å². The van der Waals surface area contributed by atoms with Crippen LogP contribution in [0.5, 0.6) is 17.2 Å². The number of aromatic hydroxyl groups is 2. The topological polar surface area (TPSA) is 66.8 Å². The minimum atomic E-state index is -0.404. The lowest BCUT2D eigenvalue weighted by atomic mass is 10.0. The molecule has 0 radical (unpaired) electrons. The molecule has 0 bridgehead atoms. The molecule has 0 atom stereocenters. The lowest BCUT2D eigenvalue weighted by Gasteiger charge is -2.06. The van der Waals surface area contributed by atoms with E-state index in [0.29, 0.717) is 11.3 Å². The van der Waals surface area contributed by atoms with E-state index in [-0.39, 0.29) is 17.1 Å². The van der Waals surface area contributed by atoms with Crippen molar-refractivity contribution in [3.63, 3.8) is 0 Å². The predicted molar refractivity (Wildman–Crippen MR) is 66.2 cm³/mol. The highest BCUT2D eigenvalue weighted by atomic mass is 16.5. The molecule has 0 unspecified atom stereocenters. The van der Waals surface area contributed by atoms with Gasteiger partial charge in [0, 0.05) is 5.56 Å². The van der Waals surface area contributed by atoms with E-state index in [1.165, 1.54) is 25.3 Å². The van der Waals surface area contributed by atoms with Crippen molar-refractivity contribution >= 4 is 5.78 Å². The summed E-state index contributed by atoms with van der Waals surface area (Å²) in [6.45, 7) is 0. The molecule has 0 heterocycles. The molecule has 4 nitrogen and oxygen atoms in total. The average molecular weight is 244 g/mol. The number of hydrogen-bond acceptors (Lipinski definition) is 4. The van der Waals surface area contributed by atoms with Crippen molar-refractivity contribution in [2.24, 2.45) is 0 Å².